The summed E-state index contributed by atoms with van der Waals surface area (Å²) in [7, 11) is 0. The van der Waals surface area contributed by atoms with Gasteiger partial charge in [-0.3, -0.25) is 24.9 Å². The zero-order valence-electron chi connectivity index (χ0n) is 12.4. The van der Waals surface area contributed by atoms with Gasteiger partial charge < -0.3 is 0 Å². The van der Waals surface area contributed by atoms with Crippen LogP contribution in [-0.4, -0.2) is 21.1 Å². The number of nitrogens with one attached hydrogen (secondary N) is 1. The van der Waals surface area contributed by atoms with Crippen molar-refractivity contribution >= 4 is 39.9 Å². The van der Waals surface area contributed by atoms with Crippen molar-refractivity contribution in [3.8, 4) is 11.1 Å². The number of hydrogen-bond acceptors (Lipinski definition) is 5. The molecule has 2 aromatic heterocycles. The lowest BCUT2D eigenvalue weighted by atomic mass is 10.0. The number of fused-ring (bicyclic) bond motifs is 1. The molecule has 3 aromatic rings. The van der Waals surface area contributed by atoms with E-state index < -0.39 is 0 Å². The minimum atomic E-state index is -0.356. The smallest absolute Gasteiger partial charge is 0.282 e. The molecule has 3 heterocycles. The SMILES string of the molecule is O=C1NC(=O)/C(=C\c2ccc3nccc(-c4ccncc4)c3c2)S1. The van der Waals surface area contributed by atoms with Crippen LogP contribution in [0.2, 0.25) is 0 Å². The van der Waals surface area contributed by atoms with E-state index in [4.69, 9.17) is 0 Å². The van der Waals surface area contributed by atoms with Crippen LogP contribution >= 0.6 is 11.8 Å². The Kier molecular flexibility index (Phi) is 3.59. The van der Waals surface area contributed by atoms with E-state index in [0.717, 1.165) is 39.4 Å². The monoisotopic (exact) mass is 333 g/mol. The largest absolute Gasteiger partial charge is 0.290 e. The first-order valence-corrected chi connectivity index (χ1v) is 8.06. The first-order chi connectivity index (χ1) is 11.7. The topological polar surface area (TPSA) is 72.0 Å². The summed E-state index contributed by atoms with van der Waals surface area (Å²) in [4.78, 5) is 31.8. The number of nitrogens with zero attached hydrogens (tertiary/aromatic N) is 2. The number of imide groups is 1. The van der Waals surface area contributed by atoms with Gasteiger partial charge in [0.15, 0.2) is 0 Å². The van der Waals surface area contributed by atoms with Crippen LogP contribution in [0.5, 0.6) is 0 Å². The number of pyridine rings is 2. The van der Waals surface area contributed by atoms with Gasteiger partial charge >= 0.3 is 0 Å². The zero-order chi connectivity index (χ0) is 16.5. The van der Waals surface area contributed by atoms with Gasteiger partial charge in [-0.2, -0.15) is 0 Å². The molecule has 0 radical (unpaired) electrons. The number of amides is 2. The maximum absolute atomic E-state index is 11.7. The lowest BCUT2D eigenvalue weighted by molar-refractivity contribution is -0.115. The lowest BCUT2D eigenvalue weighted by Gasteiger charge is -2.07. The van der Waals surface area contributed by atoms with Gasteiger partial charge in [0, 0.05) is 24.0 Å². The van der Waals surface area contributed by atoms with E-state index in [1.54, 1.807) is 24.7 Å². The highest BCUT2D eigenvalue weighted by Gasteiger charge is 2.24. The average molecular weight is 333 g/mol. The highest BCUT2D eigenvalue weighted by molar-refractivity contribution is 8.18. The molecule has 1 saturated heterocycles. The van der Waals surface area contributed by atoms with E-state index in [1.807, 2.05) is 36.4 Å². The summed E-state index contributed by atoms with van der Waals surface area (Å²) in [5, 5.41) is 2.90. The molecular weight excluding hydrogens is 322 g/mol. The standard InChI is InChI=1S/C18H11N3O2S/c22-17-16(24-18(23)21-17)10-11-1-2-15-14(9-11)13(5-8-20-15)12-3-6-19-7-4-12/h1-10H,(H,21,22,23)/b16-10+. The fourth-order valence-electron chi connectivity index (χ4n) is 2.61. The summed E-state index contributed by atoms with van der Waals surface area (Å²) >= 11 is 0.912. The molecule has 1 aliphatic rings. The van der Waals surface area contributed by atoms with Crippen LogP contribution in [0, 0.1) is 0 Å². The van der Waals surface area contributed by atoms with Crippen molar-refractivity contribution in [1.82, 2.24) is 15.3 Å². The number of hydrogen-bond donors (Lipinski definition) is 1. The Hall–Kier alpha value is -2.99. The van der Waals surface area contributed by atoms with Crippen LogP contribution in [0.3, 0.4) is 0 Å². The molecule has 1 aromatic carbocycles. The first-order valence-electron chi connectivity index (χ1n) is 7.25. The third-order valence-electron chi connectivity index (χ3n) is 3.70. The van der Waals surface area contributed by atoms with E-state index >= 15 is 0 Å². The number of benzene rings is 1. The van der Waals surface area contributed by atoms with Gasteiger partial charge in [-0.1, -0.05) is 6.07 Å². The van der Waals surface area contributed by atoms with E-state index in [1.165, 1.54) is 0 Å². The molecule has 0 spiro atoms. The predicted molar refractivity (Wildman–Crippen MR) is 94.1 cm³/mol. The van der Waals surface area contributed by atoms with Gasteiger partial charge in [-0.25, -0.2) is 0 Å². The van der Waals surface area contributed by atoms with Gasteiger partial charge in [0.25, 0.3) is 11.1 Å². The molecule has 6 heteroatoms. The Morgan fingerprint density at radius 3 is 2.58 bits per heavy atom. The highest BCUT2D eigenvalue weighted by Crippen LogP contribution is 2.30. The Balaban J connectivity index is 1.85. The molecule has 2 amide bonds. The number of carbonyl (C=O) groups excluding carboxylic acids is 2. The molecular formula is C18H11N3O2S. The van der Waals surface area contributed by atoms with Crippen molar-refractivity contribution in [2.24, 2.45) is 0 Å². The fourth-order valence-corrected chi connectivity index (χ4v) is 3.29. The molecule has 0 atom stereocenters. The summed E-state index contributed by atoms with van der Waals surface area (Å²) in [5.41, 5.74) is 3.80. The summed E-state index contributed by atoms with van der Waals surface area (Å²) < 4.78 is 0. The minimum Gasteiger partial charge on any atom is -0.282 e. The van der Waals surface area contributed by atoms with Crippen molar-refractivity contribution < 1.29 is 9.59 Å². The second-order valence-electron chi connectivity index (χ2n) is 5.22. The van der Waals surface area contributed by atoms with Crippen molar-refractivity contribution in [2.75, 3.05) is 0 Å². The van der Waals surface area contributed by atoms with Gasteiger partial charge in [0.1, 0.15) is 0 Å². The van der Waals surface area contributed by atoms with E-state index in [-0.39, 0.29) is 11.1 Å². The molecule has 0 unspecified atom stereocenters. The van der Waals surface area contributed by atoms with Crippen LogP contribution in [0.15, 0.2) is 59.9 Å². The van der Waals surface area contributed by atoms with Crippen LogP contribution in [-0.2, 0) is 4.79 Å². The summed E-state index contributed by atoms with van der Waals surface area (Å²) in [5.74, 6) is -0.356. The number of thioether (sulfide) groups is 1. The summed E-state index contributed by atoms with van der Waals surface area (Å²) in [6, 6.07) is 11.6. The van der Waals surface area contributed by atoms with Crippen LogP contribution < -0.4 is 5.32 Å². The summed E-state index contributed by atoms with van der Waals surface area (Å²) in [6.07, 6.45) is 6.99. The fraction of sp³-hybridized carbons (Fsp3) is 0. The maximum atomic E-state index is 11.7. The molecule has 1 N–H and O–H groups in total. The second-order valence-corrected chi connectivity index (χ2v) is 6.24. The van der Waals surface area contributed by atoms with Gasteiger partial charge in [-0.05, 0) is 64.9 Å². The third-order valence-corrected chi connectivity index (χ3v) is 4.51. The normalized spacial score (nSPS) is 15.9. The number of carbonyl (C=O) groups is 2. The van der Waals surface area contributed by atoms with Crippen molar-refractivity contribution in [3.05, 3.63) is 65.5 Å². The quantitative estimate of drug-likeness (QED) is 0.725. The molecule has 1 fully saturated rings. The maximum Gasteiger partial charge on any atom is 0.290 e. The van der Waals surface area contributed by atoms with Gasteiger partial charge in [-0.15, -0.1) is 0 Å². The Labute approximate surface area is 141 Å². The third kappa shape index (κ3) is 2.68. The van der Waals surface area contributed by atoms with E-state index in [2.05, 4.69) is 15.3 Å². The number of aromatic nitrogens is 2. The molecule has 24 heavy (non-hydrogen) atoms. The minimum absolute atomic E-state index is 0.341. The molecule has 1 aliphatic heterocycles. The molecule has 0 saturated carbocycles. The number of rotatable bonds is 2. The first kappa shape index (κ1) is 14.6. The van der Waals surface area contributed by atoms with Crippen LogP contribution in [0.1, 0.15) is 5.56 Å². The highest BCUT2D eigenvalue weighted by atomic mass is 32.2. The Bertz CT molecular complexity index is 1000. The van der Waals surface area contributed by atoms with E-state index in [0.29, 0.717) is 4.91 Å². The van der Waals surface area contributed by atoms with Crippen molar-refractivity contribution in [3.63, 3.8) is 0 Å². The average Bonchev–Trinajstić information content (AvgIpc) is 2.92. The lowest BCUT2D eigenvalue weighted by Crippen LogP contribution is -2.17. The zero-order valence-corrected chi connectivity index (χ0v) is 13.2. The summed E-state index contributed by atoms with van der Waals surface area (Å²) in [6.45, 7) is 0. The molecule has 4 rings (SSSR count). The van der Waals surface area contributed by atoms with E-state index in [9.17, 15) is 9.59 Å². The van der Waals surface area contributed by atoms with Crippen molar-refractivity contribution in [2.45, 2.75) is 0 Å². The van der Waals surface area contributed by atoms with Crippen LogP contribution in [0.4, 0.5) is 4.79 Å². The van der Waals surface area contributed by atoms with Gasteiger partial charge in [0.2, 0.25) is 0 Å². The Morgan fingerprint density at radius 2 is 1.83 bits per heavy atom. The van der Waals surface area contributed by atoms with Crippen LogP contribution in [0.25, 0.3) is 28.1 Å². The molecule has 116 valence electrons. The Morgan fingerprint density at radius 1 is 1.00 bits per heavy atom. The molecule has 0 aliphatic carbocycles. The van der Waals surface area contributed by atoms with Gasteiger partial charge in [0.05, 0.1) is 10.4 Å². The van der Waals surface area contributed by atoms with Crippen molar-refractivity contribution in [1.29, 1.82) is 0 Å². The second kappa shape index (κ2) is 5.90. The predicted octanol–water partition coefficient (Wildman–Crippen LogP) is 3.62. The molecule has 5 nitrogen and oxygen atoms in total. The molecule has 0 bridgehead atoms.